The molecule has 1 aromatic rings. The monoisotopic (exact) mass is 205 g/mol. The Morgan fingerprint density at radius 3 is 2.67 bits per heavy atom. The molecule has 0 heterocycles. The van der Waals surface area contributed by atoms with E-state index in [1.807, 2.05) is 0 Å². The first kappa shape index (κ1) is 12.3. The van der Waals surface area contributed by atoms with Crippen molar-refractivity contribution < 1.29 is 0 Å². The van der Waals surface area contributed by atoms with Crippen molar-refractivity contribution in [3.05, 3.63) is 34.9 Å². The molecule has 0 aromatic heterocycles. The van der Waals surface area contributed by atoms with Crippen molar-refractivity contribution in [1.29, 1.82) is 0 Å². The van der Waals surface area contributed by atoms with Gasteiger partial charge < -0.3 is 5.32 Å². The fraction of sp³-hybridized carbons (Fsp3) is 0.571. The fourth-order valence-electron chi connectivity index (χ4n) is 1.83. The third kappa shape index (κ3) is 3.67. The molecule has 0 spiro atoms. The Bertz CT molecular complexity index is 304. The Kier molecular flexibility index (Phi) is 4.83. The number of unbranched alkanes of at least 4 members (excludes halogenated alkanes) is 1. The van der Waals surface area contributed by atoms with Crippen molar-refractivity contribution >= 4 is 0 Å². The molecule has 1 nitrogen and oxygen atoms in total. The Morgan fingerprint density at radius 2 is 2.00 bits per heavy atom. The van der Waals surface area contributed by atoms with Gasteiger partial charge in [0.1, 0.15) is 0 Å². The Balaban J connectivity index is 2.64. The second-order valence-electron chi connectivity index (χ2n) is 4.39. The lowest BCUT2D eigenvalue weighted by Gasteiger charge is -2.17. The molecule has 0 fully saturated rings. The molecule has 1 N–H and O–H groups in total. The normalized spacial score (nSPS) is 12.8. The van der Waals surface area contributed by atoms with Crippen LogP contribution in [0.1, 0.15) is 49.4 Å². The summed E-state index contributed by atoms with van der Waals surface area (Å²) in [6, 6.07) is 7.15. The summed E-state index contributed by atoms with van der Waals surface area (Å²) in [5.41, 5.74) is 4.17. The maximum absolute atomic E-state index is 3.57. The third-order valence-corrected chi connectivity index (χ3v) is 2.88. The molecular weight excluding hydrogens is 182 g/mol. The molecule has 0 saturated heterocycles. The summed E-state index contributed by atoms with van der Waals surface area (Å²) < 4.78 is 0. The van der Waals surface area contributed by atoms with Crippen molar-refractivity contribution in [2.45, 2.75) is 46.6 Å². The summed E-state index contributed by atoms with van der Waals surface area (Å²) in [6.45, 7) is 9.93. The van der Waals surface area contributed by atoms with Crippen molar-refractivity contribution in [1.82, 2.24) is 5.32 Å². The van der Waals surface area contributed by atoms with E-state index >= 15 is 0 Å². The molecule has 0 aliphatic carbocycles. The lowest BCUT2D eigenvalue weighted by molar-refractivity contribution is 0.552. The summed E-state index contributed by atoms with van der Waals surface area (Å²) >= 11 is 0. The van der Waals surface area contributed by atoms with Gasteiger partial charge in [0.05, 0.1) is 0 Å². The average Bonchev–Trinajstić information content (AvgIpc) is 2.22. The molecule has 1 atom stereocenters. The zero-order valence-corrected chi connectivity index (χ0v) is 10.4. The van der Waals surface area contributed by atoms with Gasteiger partial charge in [-0.15, -0.1) is 0 Å². The standard InChI is InChI=1S/C14H23N/c1-5-6-9-15-13(4)14-10-11(2)7-8-12(14)3/h7-8,10,13,15H,5-6,9H2,1-4H3. The smallest absolute Gasteiger partial charge is 0.0294 e. The van der Waals surface area contributed by atoms with Crippen LogP contribution >= 0.6 is 0 Å². The van der Waals surface area contributed by atoms with Crippen LogP contribution in [-0.4, -0.2) is 6.54 Å². The average molecular weight is 205 g/mol. The number of hydrogen-bond acceptors (Lipinski definition) is 1. The largest absolute Gasteiger partial charge is 0.310 e. The molecule has 0 radical (unpaired) electrons. The van der Waals surface area contributed by atoms with Crippen LogP contribution in [0.15, 0.2) is 18.2 Å². The predicted molar refractivity (Wildman–Crippen MR) is 67.2 cm³/mol. The molecule has 0 aliphatic heterocycles. The maximum Gasteiger partial charge on any atom is 0.0294 e. The van der Waals surface area contributed by atoms with Crippen LogP contribution in [0, 0.1) is 13.8 Å². The van der Waals surface area contributed by atoms with Crippen LogP contribution in [0.5, 0.6) is 0 Å². The molecule has 1 unspecified atom stereocenters. The summed E-state index contributed by atoms with van der Waals surface area (Å²) in [6.07, 6.45) is 2.52. The van der Waals surface area contributed by atoms with Crippen LogP contribution in [0.3, 0.4) is 0 Å². The van der Waals surface area contributed by atoms with Crippen molar-refractivity contribution in [2.24, 2.45) is 0 Å². The third-order valence-electron chi connectivity index (χ3n) is 2.88. The first-order valence-electron chi connectivity index (χ1n) is 5.95. The second kappa shape index (κ2) is 5.92. The highest BCUT2D eigenvalue weighted by molar-refractivity contribution is 5.32. The zero-order chi connectivity index (χ0) is 11.3. The van der Waals surface area contributed by atoms with Crippen LogP contribution < -0.4 is 5.32 Å². The number of hydrogen-bond donors (Lipinski definition) is 1. The molecule has 0 aliphatic rings. The van der Waals surface area contributed by atoms with Gasteiger partial charge in [-0.25, -0.2) is 0 Å². The quantitative estimate of drug-likeness (QED) is 0.722. The van der Waals surface area contributed by atoms with Gasteiger partial charge in [0.25, 0.3) is 0 Å². The molecule has 1 heteroatoms. The number of benzene rings is 1. The van der Waals surface area contributed by atoms with Gasteiger partial charge in [-0.2, -0.15) is 0 Å². The van der Waals surface area contributed by atoms with E-state index in [0.29, 0.717) is 6.04 Å². The van der Waals surface area contributed by atoms with Crippen LogP contribution in [0.4, 0.5) is 0 Å². The first-order valence-corrected chi connectivity index (χ1v) is 5.95. The topological polar surface area (TPSA) is 12.0 Å². The SMILES string of the molecule is CCCCNC(C)c1cc(C)ccc1C. The van der Waals surface area contributed by atoms with E-state index < -0.39 is 0 Å². The van der Waals surface area contributed by atoms with Gasteiger partial charge in [-0.1, -0.05) is 37.1 Å². The molecule has 1 aromatic carbocycles. The van der Waals surface area contributed by atoms with E-state index in [-0.39, 0.29) is 0 Å². The second-order valence-corrected chi connectivity index (χ2v) is 4.39. The van der Waals surface area contributed by atoms with E-state index in [9.17, 15) is 0 Å². The minimum Gasteiger partial charge on any atom is -0.310 e. The first-order chi connectivity index (χ1) is 7.15. The molecule has 84 valence electrons. The van der Waals surface area contributed by atoms with Gasteiger partial charge >= 0.3 is 0 Å². The number of aryl methyl sites for hydroxylation is 2. The lowest BCUT2D eigenvalue weighted by Crippen LogP contribution is -2.20. The van der Waals surface area contributed by atoms with E-state index in [1.54, 1.807) is 0 Å². The van der Waals surface area contributed by atoms with Gasteiger partial charge in [-0.05, 0) is 44.9 Å². The minimum atomic E-state index is 0.469. The Labute approximate surface area is 93.9 Å². The highest BCUT2D eigenvalue weighted by Gasteiger charge is 2.07. The van der Waals surface area contributed by atoms with E-state index in [0.717, 1.165) is 6.54 Å². The van der Waals surface area contributed by atoms with Crippen molar-refractivity contribution in [3.63, 3.8) is 0 Å². The van der Waals surface area contributed by atoms with Gasteiger partial charge in [0, 0.05) is 6.04 Å². The van der Waals surface area contributed by atoms with Crippen LogP contribution in [0.25, 0.3) is 0 Å². The summed E-state index contributed by atoms with van der Waals surface area (Å²) in [5, 5.41) is 3.57. The number of rotatable bonds is 5. The van der Waals surface area contributed by atoms with E-state index in [2.05, 4.69) is 51.2 Å². The summed E-state index contributed by atoms with van der Waals surface area (Å²) in [4.78, 5) is 0. The molecular formula is C14H23N. The Hall–Kier alpha value is -0.820. The van der Waals surface area contributed by atoms with Crippen molar-refractivity contribution in [3.8, 4) is 0 Å². The fourth-order valence-corrected chi connectivity index (χ4v) is 1.83. The molecule has 0 amide bonds. The summed E-state index contributed by atoms with van der Waals surface area (Å²) in [5.74, 6) is 0. The molecule has 1 rings (SSSR count). The van der Waals surface area contributed by atoms with Gasteiger partial charge in [0.15, 0.2) is 0 Å². The summed E-state index contributed by atoms with van der Waals surface area (Å²) in [7, 11) is 0. The zero-order valence-electron chi connectivity index (χ0n) is 10.4. The molecule has 15 heavy (non-hydrogen) atoms. The van der Waals surface area contributed by atoms with Crippen LogP contribution in [0.2, 0.25) is 0 Å². The maximum atomic E-state index is 3.57. The lowest BCUT2D eigenvalue weighted by atomic mass is 10.00. The molecule has 0 saturated carbocycles. The highest BCUT2D eigenvalue weighted by Crippen LogP contribution is 2.18. The minimum absolute atomic E-state index is 0.469. The van der Waals surface area contributed by atoms with Gasteiger partial charge in [0.2, 0.25) is 0 Å². The number of nitrogens with one attached hydrogen (secondary N) is 1. The van der Waals surface area contributed by atoms with E-state index in [4.69, 9.17) is 0 Å². The Morgan fingerprint density at radius 1 is 1.27 bits per heavy atom. The highest BCUT2D eigenvalue weighted by atomic mass is 14.9. The molecule has 0 bridgehead atoms. The van der Waals surface area contributed by atoms with Crippen LogP contribution in [-0.2, 0) is 0 Å². The van der Waals surface area contributed by atoms with E-state index in [1.165, 1.54) is 29.5 Å². The van der Waals surface area contributed by atoms with Gasteiger partial charge in [-0.3, -0.25) is 0 Å². The van der Waals surface area contributed by atoms with Crippen molar-refractivity contribution in [2.75, 3.05) is 6.54 Å². The predicted octanol–water partition coefficient (Wildman–Crippen LogP) is 3.75.